The molecule has 2 aliphatic rings. The van der Waals surface area contributed by atoms with Gasteiger partial charge in [0.1, 0.15) is 0 Å². The topological polar surface area (TPSA) is 92.8 Å². The monoisotopic (exact) mass is 450 g/mol. The molecule has 0 spiro atoms. The van der Waals surface area contributed by atoms with E-state index in [0.717, 1.165) is 32.1 Å². The van der Waals surface area contributed by atoms with E-state index in [1.54, 1.807) is 6.92 Å². The standard InChI is InChI=1S/C23H34N2O5S/c1-16-12-14-25(15-13-16)31(28,29)20-10-8-19(9-11-20)23(27)30-18(3)22(26)24-21-7-5-4-6-17(21)2/h8-11,16-18,21H,4-7,12-15H2,1-3H3,(H,24,26)/t17-,18+,21-/m0/s1. The highest BCUT2D eigenvalue weighted by Crippen LogP contribution is 2.25. The van der Waals surface area contributed by atoms with Crippen molar-refractivity contribution in [2.24, 2.45) is 11.8 Å². The lowest BCUT2D eigenvalue weighted by Gasteiger charge is -2.30. The predicted molar refractivity (Wildman–Crippen MR) is 118 cm³/mol. The van der Waals surface area contributed by atoms with E-state index in [-0.39, 0.29) is 22.4 Å². The van der Waals surface area contributed by atoms with Gasteiger partial charge in [0.2, 0.25) is 10.0 Å². The molecule has 8 heteroatoms. The van der Waals surface area contributed by atoms with Gasteiger partial charge in [0, 0.05) is 19.1 Å². The molecule has 1 aliphatic carbocycles. The van der Waals surface area contributed by atoms with Gasteiger partial charge in [-0.15, -0.1) is 0 Å². The number of esters is 1. The summed E-state index contributed by atoms with van der Waals surface area (Å²) in [6, 6.07) is 5.85. The highest BCUT2D eigenvalue weighted by molar-refractivity contribution is 7.89. The lowest BCUT2D eigenvalue weighted by Crippen LogP contribution is -2.46. The van der Waals surface area contributed by atoms with Gasteiger partial charge in [-0.2, -0.15) is 4.31 Å². The minimum Gasteiger partial charge on any atom is -0.449 e. The number of amides is 1. The zero-order chi connectivity index (χ0) is 22.6. The van der Waals surface area contributed by atoms with Crippen LogP contribution in [0.4, 0.5) is 0 Å². The van der Waals surface area contributed by atoms with Gasteiger partial charge >= 0.3 is 5.97 Å². The smallest absolute Gasteiger partial charge is 0.338 e. The number of sulfonamides is 1. The number of nitrogens with one attached hydrogen (secondary N) is 1. The molecular weight excluding hydrogens is 416 g/mol. The molecule has 1 amide bonds. The molecular formula is C23H34N2O5S. The van der Waals surface area contributed by atoms with Crippen LogP contribution < -0.4 is 5.32 Å². The molecule has 0 radical (unpaired) electrons. The van der Waals surface area contributed by atoms with Crippen LogP contribution in [0, 0.1) is 11.8 Å². The molecule has 1 N–H and O–H groups in total. The summed E-state index contributed by atoms with van der Waals surface area (Å²) in [5.41, 5.74) is 0.219. The first-order chi connectivity index (χ1) is 14.7. The molecule has 1 heterocycles. The Morgan fingerprint density at radius 3 is 2.26 bits per heavy atom. The van der Waals surface area contributed by atoms with Crippen LogP contribution in [-0.4, -0.2) is 49.8 Å². The average Bonchev–Trinajstić information content (AvgIpc) is 2.75. The summed E-state index contributed by atoms with van der Waals surface area (Å²) in [4.78, 5) is 25.0. The summed E-state index contributed by atoms with van der Waals surface area (Å²) < 4.78 is 32.4. The van der Waals surface area contributed by atoms with Crippen molar-refractivity contribution in [3.05, 3.63) is 29.8 Å². The van der Waals surface area contributed by atoms with E-state index in [0.29, 0.717) is 24.9 Å². The van der Waals surface area contributed by atoms with Crippen LogP contribution in [0.2, 0.25) is 0 Å². The zero-order valence-electron chi connectivity index (χ0n) is 18.7. The van der Waals surface area contributed by atoms with Gasteiger partial charge in [-0.1, -0.05) is 26.7 Å². The highest BCUT2D eigenvalue weighted by atomic mass is 32.2. The summed E-state index contributed by atoms with van der Waals surface area (Å²) >= 11 is 0. The van der Waals surface area contributed by atoms with Gasteiger partial charge in [0.05, 0.1) is 10.5 Å². The summed E-state index contributed by atoms with van der Waals surface area (Å²) in [5, 5.41) is 2.99. The Labute approximate surface area is 185 Å². The van der Waals surface area contributed by atoms with Crippen LogP contribution in [0.3, 0.4) is 0 Å². The van der Waals surface area contributed by atoms with Gasteiger partial charge < -0.3 is 10.1 Å². The molecule has 1 aromatic rings. The lowest BCUT2D eigenvalue weighted by molar-refractivity contribution is -0.130. The van der Waals surface area contributed by atoms with Crippen molar-refractivity contribution in [3.63, 3.8) is 0 Å². The van der Waals surface area contributed by atoms with Crippen molar-refractivity contribution in [1.29, 1.82) is 0 Å². The van der Waals surface area contributed by atoms with E-state index < -0.39 is 22.1 Å². The molecule has 0 unspecified atom stereocenters. The van der Waals surface area contributed by atoms with Crippen molar-refractivity contribution in [1.82, 2.24) is 9.62 Å². The van der Waals surface area contributed by atoms with Crippen LogP contribution in [0.5, 0.6) is 0 Å². The number of benzene rings is 1. The molecule has 0 bridgehead atoms. The fourth-order valence-electron chi connectivity index (χ4n) is 4.25. The van der Waals surface area contributed by atoms with Crippen molar-refractivity contribution >= 4 is 21.9 Å². The van der Waals surface area contributed by atoms with E-state index in [9.17, 15) is 18.0 Å². The second-order valence-corrected chi connectivity index (χ2v) is 11.0. The lowest BCUT2D eigenvalue weighted by atomic mass is 9.86. The van der Waals surface area contributed by atoms with E-state index in [2.05, 4.69) is 19.2 Å². The Morgan fingerprint density at radius 1 is 1.03 bits per heavy atom. The van der Waals surface area contributed by atoms with Crippen molar-refractivity contribution in [3.8, 4) is 0 Å². The molecule has 172 valence electrons. The molecule has 1 saturated carbocycles. The second kappa shape index (κ2) is 10.1. The van der Waals surface area contributed by atoms with Gasteiger partial charge in [-0.3, -0.25) is 4.79 Å². The number of ether oxygens (including phenoxy) is 1. The Hall–Kier alpha value is -1.93. The minimum atomic E-state index is -3.57. The van der Waals surface area contributed by atoms with E-state index in [1.165, 1.54) is 35.0 Å². The first-order valence-electron chi connectivity index (χ1n) is 11.3. The average molecular weight is 451 g/mol. The number of nitrogens with zero attached hydrogens (tertiary/aromatic N) is 1. The van der Waals surface area contributed by atoms with Crippen LogP contribution in [0.25, 0.3) is 0 Å². The third-order valence-corrected chi connectivity index (χ3v) is 8.48. The first-order valence-corrected chi connectivity index (χ1v) is 12.7. The van der Waals surface area contributed by atoms with Crippen LogP contribution in [0.1, 0.15) is 69.7 Å². The van der Waals surface area contributed by atoms with Crippen molar-refractivity contribution in [2.75, 3.05) is 13.1 Å². The maximum atomic E-state index is 12.8. The van der Waals surface area contributed by atoms with Gasteiger partial charge in [-0.25, -0.2) is 13.2 Å². The van der Waals surface area contributed by atoms with Gasteiger partial charge in [0.15, 0.2) is 6.10 Å². The summed E-state index contributed by atoms with van der Waals surface area (Å²) in [6.07, 6.45) is 5.09. The van der Waals surface area contributed by atoms with E-state index in [1.807, 2.05) is 0 Å². The maximum absolute atomic E-state index is 12.8. The molecule has 3 atom stereocenters. The first kappa shape index (κ1) is 23.7. The Balaban J connectivity index is 1.57. The quantitative estimate of drug-likeness (QED) is 0.671. The molecule has 1 saturated heterocycles. The predicted octanol–water partition coefficient (Wildman–Crippen LogP) is 3.35. The molecule has 0 aromatic heterocycles. The number of carbonyl (C=O) groups excluding carboxylic acids is 2. The van der Waals surface area contributed by atoms with Crippen molar-refractivity contribution < 1.29 is 22.7 Å². The SMILES string of the molecule is CC1CCN(S(=O)(=O)c2ccc(C(=O)O[C@H](C)C(=O)N[C@H]3CCCC[C@@H]3C)cc2)CC1. The Bertz CT molecular complexity index is 876. The molecule has 31 heavy (non-hydrogen) atoms. The van der Waals surface area contributed by atoms with E-state index >= 15 is 0 Å². The number of carbonyl (C=O) groups is 2. The fourth-order valence-corrected chi connectivity index (χ4v) is 5.72. The van der Waals surface area contributed by atoms with Crippen molar-refractivity contribution in [2.45, 2.75) is 76.3 Å². The largest absolute Gasteiger partial charge is 0.449 e. The van der Waals surface area contributed by atoms with Crippen LogP contribution >= 0.6 is 0 Å². The maximum Gasteiger partial charge on any atom is 0.338 e. The minimum absolute atomic E-state index is 0.115. The van der Waals surface area contributed by atoms with Crippen LogP contribution in [0.15, 0.2) is 29.2 Å². The molecule has 1 aromatic carbocycles. The molecule has 2 fully saturated rings. The summed E-state index contributed by atoms with van der Waals surface area (Å²) in [5.74, 6) is 0.00281. The summed E-state index contributed by atoms with van der Waals surface area (Å²) in [6.45, 7) is 6.83. The third-order valence-electron chi connectivity index (χ3n) is 6.56. The highest BCUT2D eigenvalue weighted by Gasteiger charge is 2.29. The van der Waals surface area contributed by atoms with Crippen LogP contribution in [-0.2, 0) is 19.6 Å². The second-order valence-electron chi connectivity index (χ2n) is 9.04. The molecule has 7 nitrogen and oxygen atoms in total. The normalized spacial score (nSPS) is 24.4. The molecule has 1 aliphatic heterocycles. The number of hydrogen-bond acceptors (Lipinski definition) is 5. The number of piperidine rings is 1. The molecule has 3 rings (SSSR count). The number of hydrogen-bond donors (Lipinski definition) is 1. The zero-order valence-corrected chi connectivity index (χ0v) is 19.5. The fraction of sp³-hybridized carbons (Fsp3) is 0.652. The third kappa shape index (κ3) is 5.86. The van der Waals surface area contributed by atoms with Gasteiger partial charge in [-0.05, 0) is 68.7 Å². The summed E-state index contributed by atoms with van der Waals surface area (Å²) in [7, 11) is -3.57. The Kier molecular flexibility index (Phi) is 7.75. The number of rotatable bonds is 6. The van der Waals surface area contributed by atoms with E-state index in [4.69, 9.17) is 4.74 Å². The van der Waals surface area contributed by atoms with Gasteiger partial charge in [0.25, 0.3) is 5.91 Å². The Morgan fingerprint density at radius 2 is 1.65 bits per heavy atom.